The maximum atomic E-state index is 6.20. The number of rotatable bonds is 2. The van der Waals surface area contributed by atoms with Gasteiger partial charge in [-0.2, -0.15) is 0 Å². The summed E-state index contributed by atoms with van der Waals surface area (Å²) in [6.45, 7) is 10.2. The van der Waals surface area contributed by atoms with Crippen LogP contribution in [0, 0.1) is 11.8 Å². The SMILES string of the molecule is CC(C)(C)c1cnc(CN2CC3CCC(N)C3C2)s1. The van der Waals surface area contributed by atoms with Crippen LogP contribution in [-0.2, 0) is 12.0 Å². The van der Waals surface area contributed by atoms with Crippen molar-refractivity contribution in [3.63, 3.8) is 0 Å². The number of fused-ring (bicyclic) bond motifs is 1. The minimum Gasteiger partial charge on any atom is -0.327 e. The molecule has 2 heterocycles. The second-order valence-corrected chi connectivity index (χ2v) is 8.34. The minimum atomic E-state index is 0.222. The summed E-state index contributed by atoms with van der Waals surface area (Å²) in [5.41, 5.74) is 6.42. The highest BCUT2D eigenvalue weighted by Crippen LogP contribution is 2.38. The van der Waals surface area contributed by atoms with Gasteiger partial charge in [0.15, 0.2) is 0 Å². The van der Waals surface area contributed by atoms with Crippen LogP contribution in [0.2, 0.25) is 0 Å². The zero-order valence-corrected chi connectivity index (χ0v) is 13.0. The van der Waals surface area contributed by atoms with Crippen LogP contribution in [-0.4, -0.2) is 29.0 Å². The first kappa shape index (κ1) is 13.5. The van der Waals surface area contributed by atoms with E-state index in [9.17, 15) is 0 Å². The molecule has 0 spiro atoms. The molecular weight excluding hydrogens is 254 g/mol. The van der Waals surface area contributed by atoms with E-state index in [4.69, 9.17) is 5.73 Å². The Labute approximate surface area is 120 Å². The fourth-order valence-corrected chi connectivity index (χ4v) is 4.47. The zero-order chi connectivity index (χ0) is 13.6. The third-order valence-corrected chi connectivity index (χ3v) is 6.05. The lowest BCUT2D eigenvalue weighted by Crippen LogP contribution is -2.30. The zero-order valence-electron chi connectivity index (χ0n) is 12.2. The first-order chi connectivity index (χ1) is 8.93. The smallest absolute Gasteiger partial charge is 0.107 e. The standard InChI is InChI=1S/C15H25N3S/c1-15(2,3)13-6-17-14(19-13)9-18-7-10-4-5-12(16)11(10)8-18/h6,10-12H,4-5,7-9,16H2,1-3H3. The summed E-state index contributed by atoms with van der Waals surface area (Å²) in [6, 6.07) is 0.441. The molecular formula is C15H25N3S. The summed E-state index contributed by atoms with van der Waals surface area (Å²) in [6.07, 6.45) is 4.62. The van der Waals surface area contributed by atoms with Gasteiger partial charge in [-0.1, -0.05) is 20.8 Å². The minimum absolute atomic E-state index is 0.222. The largest absolute Gasteiger partial charge is 0.327 e. The van der Waals surface area contributed by atoms with Gasteiger partial charge in [0.2, 0.25) is 0 Å². The van der Waals surface area contributed by atoms with Gasteiger partial charge >= 0.3 is 0 Å². The quantitative estimate of drug-likeness (QED) is 0.905. The van der Waals surface area contributed by atoms with Crippen molar-refractivity contribution in [3.05, 3.63) is 16.1 Å². The number of hydrogen-bond acceptors (Lipinski definition) is 4. The molecule has 1 saturated heterocycles. The number of likely N-dealkylation sites (tertiary alicyclic amines) is 1. The van der Waals surface area contributed by atoms with Crippen molar-refractivity contribution in [1.82, 2.24) is 9.88 Å². The Morgan fingerprint density at radius 1 is 1.37 bits per heavy atom. The van der Waals surface area contributed by atoms with Gasteiger partial charge in [0.1, 0.15) is 5.01 Å². The van der Waals surface area contributed by atoms with E-state index in [2.05, 4.69) is 36.9 Å². The van der Waals surface area contributed by atoms with Gasteiger partial charge in [-0.05, 0) is 30.1 Å². The fourth-order valence-electron chi connectivity index (χ4n) is 3.45. The molecule has 3 unspecified atom stereocenters. The normalized spacial score (nSPS) is 31.9. The monoisotopic (exact) mass is 279 g/mol. The van der Waals surface area contributed by atoms with Crippen molar-refractivity contribution in [2.24, 2.45) is 17.6 Å². The van der Waals surface area contributed by atoms with Crippen LogP contribution < -0.4 is 5.73 Å². The van der Waals surface area contributed by atoms with E-state index in [1.54, 1.807) is 0 Å². The van der Waals surface area contributed by atoms with Crippen molar-refractivity contribution in [2.75, 3.05) is 13.1 Å². The molecule has 2 fully saturated rings. The van der Waals surface area contributed by atoms with E-state index >= 15 is 0 Å². The molecule has 3 rings (SSSR count). The van der Waals surface area contributed by atoms with E-state index in [-0.39, 0.29) is 5.41 Å². The third-order valence-electron chi connectivity index (χ3n) is 4.64. The third kappa shape index (κ3) is 2.71. The molecule has 106 valence electrons. The highest BCUT2D eigenvalue weighted by Gasteiger charge is 2.40. The van der Waals surface area contributed by atoms with Gasteiger partial charge in [-0.3, -0.25) is 4.90 Å². The van der Waals surface area contributed by atoms with E-state index in [1.807, 2.05) is 11.3 Å². The molecule has 1 aliphatic heterocycles. The number of nitrogens with two attached hydrogens (primary N) is 1. The molecule has 3 nitrogen and oxygen atoms in total. The summed E-state index contributed by atoms with van der Waals surface area (Å²) < 4.78 is 0. The highest BCUT2D eigenvalue weighted by molar-refractivity contribution is 7.11. The van der Waals surface area contributed by atoms with Crippen molar-refractivity contribution < 1.29 is 0 Å². The van der Waals surface area contributed by atoms with Crippen molar-refractivity contribution >= 4 is 11.3 Å². The fraction of sp³-hybridized carbons (Fsp3) is 0.800. The van der Waals surface area contributed by atoms with Crippen LogP contribution in [0.25, 0.3) is 0 Å². The summed E-state index contributed by atoms with van der Waals surface area (Å²) >= 11 is 1.87. The second kappa shape index (κ2) is 4.83. The summed E-state index contributed by atoms with van der Waals surface area (Å²) in [5.74, 6) is 1.58. The number of thiazole rings is 1. The number of aromatic nitrogens is 1. The van der Waals surface area contributed by atoms with Crippen LogP contribution in [0.15, 0.2) is 6.20 Å². The predicted octanol–water partition coefficient (Wildman–Crippen LogP) is 2.61. The Morgan fingerprint density at radius 3 is 2.79 bits per heavy atom. The van der Waals surface area contributed by atoms with Gasteiger partial charge in [-0.25, -0.2) is 4.98 Å². The van der Waals surface area contributed by atoms with Gasteiger partial charge in [0.25, 0.3) is 0 Å². The molecule has 4 heteroatoms. The Kier molecular flexibility index (Phi) is 3.44. The molecule has 1 aromatic rings. The average Bonchev–Trinajstić information content (AvgIpc) is 2.97. The van der Waals surface area contributed by atoms with Gasteiger partial charge in [0.05, 0.1) is 6.54 Å². The molecule has 1 saturated carbocycles. The molecule has 1 aliphatic carbocycles. The van der Waals surface area contributed by atoms with Crippen LogP contribution in [0.5, 0.6) is 0 Å². The highest BCUT2D eigenvalue weighted by atomic mass is 32.1. The Balaban J connectivity index is 1.62. The van der Waals surface area contributed by atoms with Crippen LogP contribution in [0.1, 0.15) is 43.5 Å². The van der Waals surface area contributed by atoms with Gasteiger partial charge in [0, 0.05) is 30.2 Å². The second-order valence-electron chi connectivity index (χ2n) is 7.23. The van der Waals surface area contributed by atoms with E-state index in [1.165, 1.54) is 35.8 Å². The van der Waals surface area contributed by atoms with Crippen molar-refractivity contribution in [2.45, 2.75) is 51.6 Å². The predicted molar refractivity (Wildman–Crippen MR) is 80.3 cm³/mol. The molecule has 2 N–H and O–H groups in total. The lowest BCUT2D eigenvalue weighted by Gasteiger charge is -2.17. The number of nitrogens with zero attached hydrogens (tertiary/aromatic N) is 2. The average molecular weight is 279 g/mol. The summed E-state index contributed by atoms with van der Waals surface area (Å²) in [7, 11) is 0. The van der Waals surface area contributed by atoms with Crippen molar-refractivity contribution in [1.29, 1.82) is 0 Å². The molecule has 0 amide bonds. The molecule has 0 radical (unpaired) electrons. The maximum absolute atomic E-state index is 6.20. The molecule has 0 aromatic carbocycles. The first-order valence-corrected chi connectivity index (χ1v) is 8.18. The molecule has 0 bridgehead atoms. The van der Waals surface area contributed by atoms with Crippen LogP contribution >= 0.6 is 11.3 Å². The van der Waals surface area contributed by atoms with Crippen LogP contribution in [0.4, 0.5) is 0 Å². The van der Waals surface area contributed by atoms with E-state index < -0.39 is 0 Å². The van der Waals surface area contributed by atoms with Crippen LogP contribution in [0.3, 0.4) is 0 Å². The maximum Gasteiger partial charge on any atom is 0.107 e. The Morgan fingerprint density at radius 2 is 2.16 bits per heavy atom. The molecule has 2 aliphatic rings. The topological polar surface area (TPSA) is 42.2 Å². The van der Waals surface area contributed by atoms with E-state index in [0.29, 0.717) is 6.04 Å². The lowest BCUT2D eigenvalue weighted by atomic mass is 9.96. The number of hydrogen-bond donors (Lipinski definition) is 1. The lowest BCUT2D eigenvalue weighted by molar-refractivity contribution is 0.298. The van der Waals surface area contributed by atoms with E-state index in [0.717, 1.165) is 18.4 Å². The Hall–Kier alpha value is -0.450. The Bertz CT molecular complexity index is 448. The molecule has 3 atom stereocenters. The summed E-state index contributed by atoms with van der Waals surface area (Å²) in [4.78, 5) is 8.55. The molecule has 19 heavy (non-hydrogen) atoms. The summed E-state index contributed by atoms with van der Waals surface area (Å²) in [5, 5.41) is 1.26. The molecule has 1 aromatic heterocycles. The van der Waals surface area contributed by atoms with Gasteiger partial charge in [-0.15, -0.1) is 11.3 Å². The van der Waals surface area contributed by atoms with Gasteiger partial charge < -0.3 is 5.73 Å². The van der Waals surface area contributed by atoms with Crippen molar-refractivity contribution in [3.8, 4) is 0 Å². The first-order valence-electron chi connectivity index (χ1n) is 7.36.